The van der Waals surface area contributed by atoms with Gasteiger partial charge in [-0.1, -0.05) is 26.7 Å². The van der Waals surface area contributed by atoms with Gasteiger partial charge in [-0.25, -0.2) is 8.78 Å². The molecule has 0 bridgehead atoms. The quantitative estimate of drug-likeness (QED) is 0.642. The molecule has 0 aromatic carbocycles. The molecule has 86 valence electrons. The molecule has 14 heavy (non-hydrogen) atoms. The van der Waals surface area contributed by atoms with E-state index < -0.39 is 12.5 Å². The Balaban J connectivity index is 3.68. The smallest absolute Gasteiger partial charge is 0.265 e. The molecule has 1 atom stereocenters. The minimum absolute atomic E-state index is 0.0116. The van der Waals surface area contributed by atoms with E-state index in [1.807, 2.05) is 0 Å². The molecule has 0 spiro atoms. The molecule has 4 heteroatoms. The van der Waals surface area contributed by atoms with Gasteiger partial charge in [0.25, 0.3) is 6.43 Å². The first-order valence-electron chi connectivity index (χ1n) is 5.31. The van der Waals surface area contributed by atoms with Crippen molar-refractivity contribution < 1.29 is 13.9 Å². The standard InChI is InChI=1S/C10H21F2NO/c1-3-5-8(6-4-2)13-7-9(14)10(11)12/h8-10,13-14H,3-7H2,1-2H3. The van der Waals surface area contributed by atoms with Crippen LogP contribution in [0.5, 0.6) is 0 Å². The molecule has 0 aliphatic carbocycles. The minimum Gasteiger partial charge on any atom is -0.386 e. The Morgan fingerprint density at radius 2 is 1.64 bits per heavy atom. The highest BCUT2D eigenvalue weighted by atomic mass is 19.3. The van der Waals surface area contributed by atoms with Crippen molar-refractivity contribution in [1.29, 1.82) is 0 Å². The summed E-state index contributed by atoms with van der Waals surface area (Å²) in [7, 11) is 0. The van der Waals surface area contributed by atoms with Crippen LogP contribution < -0.4 is 5.32 Å². The van der Waals surface area contributed by atoms with Crippen LogP contribution >= 0.6 is 0 Å². The van der Waals surface area contributed by atoms with Crippen molar-refractivity contribution in [3.8, 4) is 0 Å². The lowest BCUT2D eigenvalue weighted by molar-refractivity contribution is -0.00487. The molecule has 0 heterocycles. The second-order valence-electron chi connectivity index (χ2n) is 3.58. The van der Waals surface area contributed by atoms with Gasteiger partial charge in [-0.05, 0) is 12.8 Å². The molecule has 0 aliphatic rings. The van der Waals surface area contributed by atoms with Crippen molar-refractivity contribution in [3.63, 3.8) is 0 Å². The van der Waals surface area contributed by atoms with Gasteiger partial charge in [0.1, 0.15) is 6.10 Å². The van der Waals surface area contributed by atoms with Crippen LogP contribution in [-0.2, 0) is 0 Å². The van der Waals surface area contributed by atoms with Crippen molar-refractivity contribution in [1.82, 2.24) is 5.32 Å². The Bertz CT molecular complexity index is 127. The Hall–Kier alpha value is -0.220. The zero-order valence-corrected chi connectivity index (χ0v) is 8.97. The molecule has 0 rings (SSSR count). The third-order valence-electron chi connectivity index (χ3n) is 2.18. The lowest BCUT2D eigenvalue weighted by atomic mass is 10.1. The first kappa shape index (κ1) is 13.8. The molecule has 0 aromatic rings. The largest absolute Gasteiger partial charge is 0.386 e. The molecule has 0 aromatic heterocycles. The van der Waals surface area contributed by atoms with Gasteiger partial charge in [0.05, 0.1) is 0 Å². The fourth-order valence-corrected chi connectivity index (χ4v) is 1.42. The van der Waals surface area contributed by atoms with Gasteiger partial charge in [0.15, 0.2) is 0 Å². The average Bonchev–Trinajstić information content (AvgIpc) is 2.14. The van der Waals surface area contributed by atoms with E-state index in [0.717, 1.165) is 25.7 Å². The lowest BCUT2D eigenvalue weighted by Crippen LogP contribution is -2.38. The summed E-state index contributed by atoms with van der Waals surface area (Å²) in [5, 5.41) is 11.9. The molecular weight excluding hydrogens is 188 g/mol. The van der Waals surface area contributed by atoms with Crippen molar-refractivity contribution in [2.24, 2.45) is 0 Å². The van der Waals surface area contributed by atoms with Gasteiger partial charge in [-0.3, -0.25) is 0 Å². The number of halogens is 2. The highest BCUT2D eigenvalue weighted by Gasteiger charge is 2.17. The summed E-state index contributed by atoms with van der Waals surface area (Å²) in [5.41, 5.74) is 0. The van der Waals surface area contributed by atoms with E-state index >= 15 is 0 Å². The zero-order chi connectivity index (χ0) is 11.0. The summed E-state index contributed by atoms with van der Waals surface area (Å²) in [6.45, 7) is 4.12. The lowest BCUT2D eigenvalue weighted by Gasteiger charge is -2.19. The molecule has 0 aliphatic heterocycles. The van der Waals surface area contributed by atoms with Crippen LogP contribution in [0.1, 0.15) is 39.5 Å². The normalized spacial score (nSPS) is 13.9. The fourth-order valence-electron chi connectivity index (χ4n) is 1.42. The van der Waals surface area contributed by atoms with E-state index in [4.69, 9.17) is 5.11 Å². The second-order valence-corrected chi connectivity index (χ2v) is 3.58. The number of hydrogen-bond donors (Lipinski definition) is 2. The predicted octanol–water partition coefficient (Wildman–Crippen LogP) is 2.17. The predicted molar refractivity (Wildman–Crippen MR) is 53.6 cm³/mol. The Kier molecular flexibility index (Phi) is 7.99. The van der Waals surface area contributed by atoms with Gasteiger partial charge >= 0.3 is 0 Å². The van der Waals surface area contributed by atoms with Crippen LogP contribution in [0, 0.1) is 0 Å². The number of alkyl halides is 2. The average molecular weight is 209 g/mol. The first-order chi connectivity index (χ1) is 6.61. The van der Waals surface area contributed by atoms with Crippen LogP contribution in [0.25, 0.3) is 0 Å². The highest BCUT2D eigenvalue weighted by Crippen LogP contribution is 2.06. The van der Waals surface area contributed by atoms with Crippen LogP contribution in [0.2, 0.25) is 0 Å². The number of nitrogens with one attached hydrogen (secondary N) is 1. The molecule has 0 saturated heterocycles. The van der Waals surface area contributed by atoms with Crippen molar-refractivity contribution >= 4 is 0 Å². The van der Waals surface area contributed by atoms with Gasteiger partial charge in [-0.15, -0.1) is 0 Å². The Morgan fingerprint density at radius 1 is 1.14 bits per heavy atom. The third kappa shape index (κ3) is 6.27. The summed E-state index contributed by atoms with van der Waals surface area (Å²) < 4.78 is 23.9. The molecule has 0 fully saturated rings. The fraction of sp³-hybridized carbons (Fsp3) is 1.00. The van der Waals surface area contributed by atoms with E-state index in [1.165, 1.54) is 0 Å². The molecule has 0 saturated carbocycles. The number of aliphatic hydroxyl groups excluding tert-OH is 1. The molecule has 0 radical (unpaired) electrons. The van der Waals surface area contributed by atoms with Crippen LogP contribution in [0.15, 0.2) is 0 Å². The SMILES string of the molecule is CCCC(CCC)NCC(O)C(F)F. The highest BCUT2D eigenvalue weighted by molar-refractivity contribution is 4.69. The molecule has 0 amide bonds. The van der Waals surface area contributed by atoms with Gasteiger partial charge in [-0.2, -0.15) is 0 Å². The summed E-state index contributed by atoms with van der Waals surface area (Å²) in [6, 6.07) is 0.262. The summed E-state index contributed by atoms with van der Waals surface area (Å²) in [6.07, 6.45) is -0.170. The summed E-state index contributed by atoms with van der Waals surface area (Å²) in [4.78, 5) is 0. The topological polar surface area (TPSA) is 32.3 Å². The molecule has 1 unspecified atom stereocenters. The van der Waals surface area contributed by atoms with Crippen LogP contribution in [0.3, 0.4) is 0 Å². The number of hydrogen-bond acceptors (Lipinski definition) is 2. The van der Waals surface area contributed by atoms with E-state index in [-0.39, 0.29) is 12.6 Å². The summed E-state index contributed by atoms with van der Waals surface area (Å²) >= 11 is 0. The van der Waals surface area contributed by atoms with E-state index in [1.54, 1.807) is 0 Å². The second kappa shape index (κ2) is 8.12. The molecular formula is C10H21F2NO. The van der Waals surface area contributed by atoms with Gasteiger partial charge in [0.2, 0.25) is 0 Å². The Labute approximate surface area is 84.7 Å². The number of rotatable bonds is 8. The maximum atomic E-state index is 12.0. The van der Waals surface area contributed by atoms with Gasteiger partial charge < -0.3 is 10.4 Å². The van der Waals surface area contributed by atoms with Crippen molar-refractivity contribution in [3.05, 3.63) is 0 Å². The van der Waals surface area contributed by atoms with E-state index in [2.05, 4.69) is 19.2 Å². The van der Waals surface area contributed by atoms with Crippen molar-refractivity contribution in [2.75, 3.05) is 6.54 Å². The Morgan fingerprint density at radius 3 is 2.00 bits per heavy atom. The summed E-state index contributed by atoms with van der Waals surface area (Å²) in [5.74, 6) is 0. The van der Waals surface area contributed by atoms with Crippen LogP contribution in [-0.4, -0.2) is 30.2 Å². The zero-order valence-electron chi connectivity index (χ0n) is 8.97. The minimum atomic E-state index is -2.65. The first-order valence-corrected chi connectivity index (χ1v) is 5.31. The van der Waals surface area contributed by atoms with Gasteiger partial charge in [0, 0.05) is 12.6 Å². The monoisotopic (exact) mass is 209 g/mol. The maximum Gasteiger partial charge on any atom is 0.265 e. The maximum absolute atomic E-state index is 12.0. The molecule has 2 nitrogen and oxygen atoms in total. The van der Waals surface area contributed by atoms with E-state index in [9.17, 15) is 8.78 Å². The van der Waals surface area contributed by atoms with Crippen molar-refractivity contribution in [2.45, 2.75) is 58.1 Å². The molecule has 2 N–H and O–H groups in total. The third-order valence-corrected chi connectivity index (χ3v) is 2.18. The number of aliphatic hydroxyl groups is 1. The van der Waals surface area contributed by atoms with Crippen LogP contribution in [0.4, 0.5) is 8.78 Å². The van der Waals surface area contributed by atoms with E-state index in [0.29, 0.717) is 0 Å².